The maximum atomic E-state index is 5.23. The van der Waals surface area contributed by atoms with Gasteiger partial charge in [0, 0.05) is 17.5 Å². The molecule has 0 bridgehead atoms. The third kappa shape index (κ3) is 2.31. The molecule has 0 saturated heterocycles. The van der Waals surface area contributed by atoms with Crippen molar-refractivity contribution in [3.8, 4) is 16.3 Å². The van der Waals surface area contributed by atoms with Crippen LogP contribution in [0.25, 0.3) is 20.8 Å². The van der Waals surface area contributed by atoms with E-state index < -0.39 is 0 Å². The molecule has 0 N–H and O–H groups in total. The number of benzene rings is 1. The lowest BCUT2D eigenvalue weighted by Gasteiger charge is -1.97. The van der Waals surface area contributed by atoms with Gasteiger partial charge in [-0.3, -0.25) is 4.98 Å². The Balaban J connectivity index is 2.04. The van der Waals surface area contributed by atoms with Gasteiger partial charge in [-0.25, -0.2) is 4.98 Å². The smallest absolute Gasteiger partial charge is 0.126 e. The van der Waals surface area contributed by atoms with Crippen LogP contribution in [0.4, 0.5) is 0 Å². The summed E-state index contributed by atoms with van der Waals surface area (Å²) in [6, 6.07) is 10.1. The molecule has 19 heavy (non-hydrogen) atoms. The summed E-state index contributed by atoms with van der Waals surface area (Å²) < 4.78 is 6.37. The van der Waals surface area contributed by atoms with Gasteiger partial charge in [0.05, 0.1) is 17.3 Å². The Bertz CT molecular complexity index is 704. The predicted octanol–water partition coefficient (Wildman–Crippen LogP) is 3.93. The van der Waals surface area contributed by atoms with E-state index in [-0.39, 0.29) is 0 Å². The average Bonchev–Trinajstić information content (AvgIpc) is 2.90. The monoisotopic (exact) mass is 270 g/mol. The highest BCUT2D eigenvalue weighted by molar-refractivity contribution is 7.21. The highest BCUT2D eigenvalue weighted by Gasteiger charge is 2.07. The van der Waals surface area contributed by atoms with Crippen LogP contribution in [0.1, 0.15) is 12.6 Å². The minimum absolute atomic E-state index is 0.863. The number of rotatable bonds is 3. The van der Waals surface area contributed by atoms with Crippen molar-refractivity contribution in [2.75, 3.05) is 7.11 Å². The summed E-state index contributed by atoms with van der Waals surface area (Å²) in [6.07, 6.45) is 2.85. The molecular weight excluding hydrogens is 256 g/mol. The van der Waals surface area contributed by atoms with Crippen LogP contribution in [0.5, 0.6) is 5.75 Å². The third-order valence-electron chi connectivity index (χ3n) is 3.03. The number of nitrogens with zero attached hydrogens (tertiary/aromatic N) is 2. The molecule has 0 amide bonds. The first-order valence-electron chi connectivity index (χ1n) is 6.20. The van der Waals surface area contributed by atoms with E-state index in [9.17, 15) is 0 Å². The minimum Gasteiger partial charge on any atom is -0.497 e. The first-order chi connectivity index (χ1) is 9.30. The molecule has 0 aliphatic heterocycles. The highest BCUT2D eigenvalue weighted by atomic mass is 32.1. The topological polar surface area (TPSA) is 35.0 Å². The van der Waals surface area contributed by atoms with Gasteiger partial charge in [-0.05, 0) is 36.8 Å². The number of aromatic nitrogens is 2. The number of methoxy groups -OCH3 is 1. The number of thiazole rings is 1. The van der Waals surface area contributed by atoms with Gasteiger partial charge in [-0.15, -0.1) is 11.3 Å². The second-order valence-electron chi connectivity index (χ2n) is 4.24. The molecule has 0 radical (unpaired) electrons. The van der Waals surface area contributed by atoms with Crippen molar-refractivity contribution >= 4 is 21.6 Å². The lowest BCUT2D eigenvalue weighted by atomic mass is 10.2. The fraction of sp³-hybridized carbons (Fsp3) is 0.200. The fourth-order valence-corrected chi connectivity index (χ4v) is 2.90. The first-order valence-corrected chi connectivity index (χ1v) is 7.01. The van der Waals surface area contributed by atoms with Crippen LogP contribution in [0.15, 0.2) is 36.5 Å². The van der Waals surface area contributed by atoms with Crippen molar-refractivity contribution in [2.24, 2.45) is 0 Å². The van der Waals surface area contributed by atoms with E-state index in [4.69, 9.17) is 4.74 Å². The van der Waals surface area contributed by atoms with Crippen LogP contribution >= 0.6 is 11.3 Å². The molecule has 2 heterocycles. The van der Waals surface area contributed by atoms with Gasteiger partial charge < -0.3 is 4.74 Å². The molecule has 0 saturated carbocycles. The number of fused-ring (bicyclic) bond motifs is 1. The van der Waals surface area contributed by atoms with Crippen LogP contribution in [0.2, 0.25) is 0 Å². The number of ether oxygens (including phenoxy) is 1. The second-order valence-corrected chi connectivity index (χ2v) is 5.28. The molecule has 0 aliphatic rings. The van der Waals surface area contributed by atoms with Gasteiger partial charge in [-0.2, -0.15) is 0 Å². The zero-order valence-electron chi connectivity index (χ0n) is 10.9. The largest absolute Gasteiger partial charge is 0.497 e. The summed E-state index contributed by atoms with van der Waals surface area (Å²) in [5.41, 5.74) is 3.17. The second kappa shape index (κ2) is 4.97. The summed E-state index contributed by atoms with van der Waals surface area (Å²) >= 11 is 1.66. The summed E-state index contributed by atoms with van der Waals surface area (Å²) in [6.45, 7) is 2.10. The van der Waals surface area contributed by atoms with E-state index in [2.05, 4.69) is 29.0 Å². The maximum absolute atomic E-state index is 5.23. The Morgan fingerprint density at radius 3 is 2.79 bits per heavy atom. The zero-order chi connectivity index (χ0) is 13.2. The van der Waals surface area contributed by atoms with Crippen molar-refractivity contribution in [3.63, 3.8) is 0 Å². The molecule has 96 valence electrons. The SMILES string of the molecule is CCc1ccc(-c2nc3ccc(OC)cc3s2)cn1. The lowest BCUT2D eigenvalue weighted by Crippen LogP contribution is -1.86. The van der Waals surface area contributed by atoms with E-state index in [0.717, 1.165) is 38.7 Å². The van der Waals surface area contributed by atoms with Crippen LogP contribution in [0, 0.1) is 0 Å². The standard InChI is InChI=1S/C15H14N2OS/c1-3-11-5-4-10(9-16-11)15-17-13-7-6-12(18-2)8-14(13)19-15/h4-9H,3H2,1-2H3. The predicted molar refractivity (Wildman–Crippen MR) is 78.8 cm³/mol. The van der Waals surface area contributed by atoms with Crippen LogP contribution in [-0.2, 0) is 6.42 Å². The van der Waals surface area contributed by atoms with E-state index in [1.165, 1.54) is 0 Å². The molecule has 4 heteroatoms. The average molecular weight is 270 g/mol. The van der Waals surface area contributed by atoms with E-state index in [1.807, 2.05) is 24.4 Å². The quantitative estimate of drug-likeness (QED) is 0.723. The molecule has 3 nitrogen and oxygen atoms in total. The number of hydrogen-bond acceptors (Lipinski definition) is 4. The number of hydrogen-bond donors (Lipinski definition) is 0. The highest BCUT2D eigenvalue weighted by Crippen LogP contribution is 2.31. The van der Waals surface area contributed by atoms with Crippen LogP contribution in [-0.4, -0.2) is 17.1 Å². The summed E-state index contributed by atoms with van der Waals surface area (Å²) in [5.74, 6) is 0.863. The number of aryl methyl sites for hydroxylation is 1. The van der Waals surface area contributed by atoms with Crippen molar-refractivity contribution in [1.82, 2.24) is 9.97 Å². The molecule has 0 spiro atoms. The van der Waals surface area contributed by atoms with Crippen molar-refractivity contribution in [1.29, 1.82) is 0 Å². The summed E-state index contributed by atoms with van der Waals surface area (Å²) in [5, 5.41) is 0.999. The lowest BCUT2D eigenvalue weighted by molar-refractivity contribution is 0.415. The van der Waals surface area contributed by atoms with Gasteiger partial charge in [0.1, 0.15) is 10.8 Å². The fourth-order valence-electron chi connectivity index (χ4n) is 1.92. The molecule has 2 aromatic heterocycles. The minimum atomic E-state index is 0.863. The van der Waals surface area contributed by atoms with Gasteiger partial charge in [0.15, 0.2) is 0 Å². The molecular formula is C15H14N2OS. The summed E-state index contributed by atoms with van der Waals surface area (Å²) in [7, 11) is 1.68. The molecule has 0 aliphatic carbocycles. The summed E-state index contributed by atoms with van der Waals surface area (Å²) in [4.78, 5) is 9.06. The van der Waals surface area contributed by atoms with Gasteiger partial charge >= 0.3 is 0 Å². The molecule has 0 fully saturated rings. The molecule has 3 rings (SSSR count). The van der Waals surface area contributed by atoms with Crippen molar-refractivity contribution < 1.29 is 4.74 Å². The first kappa shape index (κ1) is 12.1. The van der Waals surface area contributed by atoms with E-state index >= 15 is 0 Å². The molecule has 0 unspecified atom stereocenters. The number of pyridine rings is 1. The van der Waals surface area contributed by atoms with Gasteiger partial charge in [0.25, 0.3) is 0 Å². The Morgan fingerprint density at radius 1 is 1.21 bits per heavy atom. The van der Waals surface area contributed by atoms with Crippen molar-refractivity contribution in [2.45, 2.75) is 13.3 Å². The van der Waals surface area contributed by atoms with Gasteiger partial charge in [-0.1, -0.05) is 6.92 Å². The molecule has 1 aromatic carbocycles. The molecule has 3 aromatic rings. The Morgan fingerprint density at radius 2 is 2.11 bits per heavy atom. The van der Waals surface area contributed by atoms with Crippen LogP contribution in [0.3, 0.4) is 0 Å². The normalized spacial score (nSPS) is 10.8. The van der Waals surface area contributed by atoms with E-state index in [0.29, 0.717) is 0 Å². The van der Waals surface area contributed by atoms with Gasteiger partial charge in [0.2, 0.25) is 0 Å². The Kier molecular flexibility index (Phi) is 3.17. The van der Waals surface area contributed by atoms with Crippen molar-refractivity contribution in [3.05, 3.63) is 42.2 Å². The third-order valence-corrected chi connectivity index (χ3v) is 4.10. The molecule has 0 atom stereocenters. The Hall–Kier alpha value is -1.94. The Labute approximate surface area is 115 Å². The van der Waals surface area contributed by atoms with E-state index in [1.54, 1.807) is 18.4 Å². The maximum Gasteiger partial charge on any atom is 0.126 e. The van der Waals surface area contributed by atoms with Crippen LogP contribution < -0.4 is 4.74 Å². The zero-order valence-corrected chi connectivity index (χ0v) is 11.7.